The zero-order valence-corrected chi connectivity index (χ0v) is 12.3. The quantitative estimate of drug-likeness (QED) is 0.886. The summed E-state index contributed by atoms with van der Waals surface area (Å²) in [6, 6.07) is 14.8. The Labute approximate surface area is 125 Å². The SMILES string of the molecule is CC(CCO)NC(=O)C1CC1c1ccc2ccccc2c1. The van der Waals surface area contributed by atoms with Gasteiger partial charge in [-0.3, -0.25) is 4.79 Å². The fourth-order valence-corrected chi connectivity index (χ4v) is 2.91. The van der Waals surface area contributed by atoms with E-state index in [1.165, 1.54) is 16.3 Å². The van der Waals surface area contributed by atoms with Crippen molar-refractivity contribution in [3.63, 3.8) is 0 Å². The van der Waals surface area contributed by atoms with Gasteiger partial charge in [0.2, 0.25) is 5.91 Å². The molecule has 3 heteroatoms. The maximum atomic E-state index is 12.1. The van der Waals surface area contributed by atoms with E-state index in [9.17, 15) is 4.79 Å². The van der Waals surface area contributed by atoms with Crippen molar-refractivity contribution in [3.05, 3.63) is 48.0 Å². The molecule has 3 atom stereocenters. The molecule has 0 heterocycles. The third kappa shape index (κ3) is 3.08. The van der Waals surface area contributed by atoms with Crippen LogP contribution in [0.4, 0.5) is 0 Å². The van der Waals surface area contributed by atoms with Crippen molar-refractivity contribution < 1.29 is 9.90 Å². The molecule has 3 rings (SSSR count). The Hall–Kier alpha value is -1.87. The fraction of sp³-hybridized carbons (Fsp3) is 0.389. The van der Waals surface area contributed by atoms with E-state index in [0.29, 0.717) is 12.3 Å². The summed E-state index contributed by atoms with van der Waals surface area (Å²) in [7, 11) is 0. The highest BCUT2D eigenvalue weighted by molar-refractivity contribution is 5.85. The first-order valence-electron chi connectivity index (χ1n) is 7.59. The highest BCUT2D eigenvalue weighted by Crippen LogP contribution is 2.48. The number of aliphatic hydroxyl groups is 1. The Bertz CT molecular complexity index is 652. The van der Waals surface area contributed by atoms with Crippen molar-refractivity contribution in [2.75, 3.05) is 6.61 Å². The number of nitrogens with one attached hydrogen (secondary N) is 1. The second kappa shape index (κ2) is 5.86. The Kier molecular flexibility index (Phi) is 3.93. The van der Waals surface area contributed by atoms with Crippen LogP contribution in [-0.4, -0.2) is 23.7 Å². The summed E-state index contributed by atoms with van der Waals surface area (Å²) >= 11 is 0. The van der Waals surface area contributed by atoms with Gasteiger partial charge in [-0.1, -0.05) is 42.5 Å². The molecule has 3 nitrogen and oxygen atoms in total. The Balaban J connectivity index is 1.67. The smallest absolute Gasteiger partial charge is 0.223 e. The van der Waals surface area contributed by atoms with Gasteiger partial charge in [-0.2, -0.15) is 0 Å². The third-order valence-electron chi connectivity index (χ3n) is 4.28. The molecule has 2 aromatic rings. The molecule has 1 saturated carbocycles. The summed E-state index contributed by atoms with van der Waals surface area (Å²) in [6.07, 6.45) is 1.54. The average molecular weight is 283 g/mol. The van der Waals surface area contributed by atoms with E-state index < -0.39 is 0 Å². The number of hydrogen-bond acceptors (Lipinski definition) is 2. The number of amides is 1. The van der Waals surface area contributed by atoms with Crippen molar-refractivity contribution in [3.8, 4) is 0 Å². The first-order valence-corrected chi connectivity index (χ1v) is 7.59. The van der Waals surface area contributed by atoms with Crippen LogP contribution in [-0.2, 0) is 4.79 Å². The molecule has 1 fully saturated rings. The second-order valence-electron chi connectivity index (χ2n) is 5.98. The van der Waals surface area contributed by atoms with Crippen LogP contribution in [0.1, 0.15) is 31.2 Å². The van der Waals surface area contributed by atoms with Crippen molar-refractivity contribution in [1.29, 1.82) is 0 Å². The lowest BCUT2D eigenvalue weighted by molar-refractivity contribution is -0.123. The van der Waals surface area contributed by atoms with E-state index in [1.807, 2.05) is 19.1 Å². The van der Waals surface area contributed by atoms with Gasteiger partial charge in [-0.25, -0.2) is 0 Å². The first-order chi connectivity index (χ1) is 10.2. The summed E-state index contributed by atoms with van der Waals surface area (Å²) < 4.78 is 0. The first kappa shape index (κ1) is 14.1. The lowest BCUT2D eigenvalue weighted by atomic mass is 10.0. The zero-order valence-electron chi connectivity index (χ0n) is 12.3. The topological polar surface area (TPSA) is 49.3 Å². The molecule has 0 saturated heterocycles. The standard InChI is InChI=1S/C18H21NO2/c1-12(8-9-20)19-18(21)17-11-16(17)15-7-6-13-4-2-3-5-14(13)10-15/h2-7,10,12,16-17,20H,8-9,11H2,1H3,(H,19,21). The molecule has 0 aliphatic heterocycles. The van der Waals surface area contributed by atoms with Crippen LogP contribution in [0.3, 0.4) is 0 Å². The summed E-state index contributed by atoms with van der Waals surface area (Å²) in [5.41, 5.74) is 1.25. The maximum Gasteiger partial charge on any atom is 0.223 e. The number of aliphatic hydroxyl groups excluding tert-OH is 1. The lowest BCUT2D eigenvalue weighted by Gasteiger charge is -2.12. The van der Waals surface area contributed by atoms with Crippen molar-refractivity contribution >= 4 is 16.7 Å². The van der Waals surface area contributed by atoms with Crippen LogP contribution in [0.15, 0.2) is 42.5 Å². The lowest BCUT2D eigenvalue weighted by Crippen LogP contribution is -2.34. The average Bonchev–Trinajstić information content (AvgIpc) is 3.27. The zero-order chi connectivity index (χ0) is 14.8. The van der Waals surface area contributed by atoms with Gasteiger partial charge in [0.1, 0.15) is 0 Å². The predicted molar refractivity (Wildman–Crippen MR) is 84.1 cm³/mol. The molecule has 0 spiro atoms. The van der Waals surface area contributed by atoms with Gasteiger partial charge in [0.25, 0.3) is 0 Å². The normalized spacial score (nSPS) is 22.0. The van der Waals surface area contributed by atoms with Crippen molar-refractivity contribution in [2.45, 2.75) is 31.7 Å². The van der Waals surface area contributed by atoms with Crippen molar-refractivity contribution in [1.82, 2.24) is 5.32 Å². The minimum atomic E-state index is 0.0420. The second-order valence-corrected chi connectivity index (χ2v) is 5.98. The molecular weight excluding hydrogens is 262 g/mol. The van der Waals surface area contributed by atoms with Gasteiger partial charge in [0.15, 0.2) is 0 Å². The molecule has 110 valence electrons. The minimum Gasteiger partial charge on any atom is -0.396 e. The Morgan fingerprint density at radius 3 is 2.81 bits per heavy atom. The molecule has 2 N–H and O–H groups in total. The molecular formula is C18H21NO2. The number of benzene rings is 2. The van der Waals surface area contributed by atoms with E-state index in [-0.39, 0.29) is 24.5 Å². The van der Waals surface area contributed by atoms with Crippen LogP contribution in [0.5, 0.6) is 0 Å². The molecule has 0 aromatic heterocycles. The third-order valence-corrected chi connectivity index (χ3v) is 4.28. The maximum absolute atomic E-state index is 12.1. The molecule has 21 heavy (non-hydrogen) atoms. The van der Waals surface area contributed by atoms with E-state index >= 15 is 0 Å². The Morgan fingerprint density at radius 1 is 1.29 bits per heavy atom. The molecule has 0 radical (unpaired) electrons. The van der Waals surface area contributed by atoms with E-state index in [1.54, 1.807) is 0 Å². The predicted octanol–water partition coefficient (Wildman–Crippen LogP) is 2.83. The number of carbonyl (C=O) groups is 1. The summed E-state index contributed by atoms with van der Waals surface area (Å²) in [5, 5.41) is 14.3. The molecule has 1 aliphatic carbocycles. The number of carbonyl (C=O) groups excluding carboxylic acids is 1. The summed E-state index contributed by atoms with van der Waals surface area (Å²) in [5.74, 6) is 0.553. The number of hydrogen-bond donors (Lipinski definition) is 2. The monoisotopic (exact) mass is 283 g/mol. The molecule has 0 bridgehead atoms. The summed E-state index contributed by atoms with van der Waals surface area (Å²) in [4.78, 5) is 12.1. The van der Waals surface area contributed by atoms with Gasteiger partial charge >= 0.3 is 0 Å². The fourth-order valence-electron chi connectivity index (χ4n) is 2.91. The van der Waals surface area contributed by atoms with Gasteiger partial charge < -0.3 is 10.4 Å². The highest BCUT2D eigenvalue weighted by Gasteiger charge is 2.44. The highest BCUT2D eigenvalue weighted by atomic mass is 16.3. The Morgan fingerprint density at radius 2 is 2.05 bits per heavy atom. The molecule has 2 aromatic carbocycles. The van der Waals surface area contributed by atoms with Gasteiger partial charge in [-0.05, 0) is 42.0 Å². The molecule has 3 unspecified atom stereocenters. The van der Waals surface area contributed by atoms with Crippen LogP contribution < -0.4 is 5.32 Å². The molecule has 1 amide bonds. The van der Waals surface area contributed by atoms with E-state index in [4.69, 9.17) is 5.11 Å². The number of rotatable bonds is 5. The van der Waals surface area contributed by atoms with Crippen LogP contribution in [0, 0.1) is 5.92 Å². The van der Waals surface area contributed by atoms with Crippen LogP contribution >= 0.6 is 0 Å². The van der Waals surface area contributed by atoms with Crippen LogP contribution in [0.2, 0.25) is 0 Å². The summed E-state index contributed by atoms with van der Waals surface area (Å²) in [6.45, 7) is 2.04. The van der Waals surface area contributed by atoms with E-state index in [0.717, 1.165) is 6.42 Å². The van der Waals surface area contributed by atoms with Gasteiger partial charge in [0.05, 0.1) is 0 Å². The van der Waals surface area contributed by atoms with E-state index in [2.05, 4.69) is 35.6 Å². The molecule has 1 aliphatic rings. The largest absolute Gasteiger partial charge is 0.396 e. The van der Waals surface area contributed by atoms with Crippen molar-refractivity contribution in [2.24, 2.45) is 5.92 Å². The van der Waals surface area contributed by atoms with Gasteiger partial charge in [0, 0.05) is 18.6 Å². The van der Waals surface area contributed by atoms with Crippen LogP contribution in [0.25, 0.3) is 10.8 Å². The van der Waals surface area contributed by atoms with Gasteiger partial charge in [-0.15, -0.1) is 0 Å². The minimum absolute atomic E-state index is 0.0420. The number of fused-ring (bicyclic) bond motifs is 1.